The molecule has 0 saturated carbocycles. The number of hydrogen-bond donors (Lipinski definition) is 1. The van der Waals surface area contributed by atoms with E-state index in [1.165, 1.54) is 38.3 Å². The number of nitrogens with zero attached hydrogens (tertiary/aromatic N) is 1. The van der Waals surface area contributed by atoms with Gasteiger partial charge in [0.15, 0.2) is 11.5 Å². The molecule has 2 heterocycles. The number of carboxylic acid groups (broad SMARTS) is 1. The lowest BCUT2D eigenvalue weighted by Crippen LogP contribution is -2.21. The Morgan fingerprint density at radius 3 is 2.71 bits per heavy atom. The van der Waals surface area contributed by atoms with Crippen LogP contribution in [0.2, 0.25) is 0 Å². The van der Waals surface area contributed by atoms with Crippen molar-refractivity contribution >= 4 is 39.7 Å². The van der Waals surface area contributed by atoms with E-state index in [1.807, 2.05) is 0 Å². The topological polar surface area (TPSA) is 104 Å². The third-order valence-corrected chi connectivity index (χ3v) is 5.01. The van der Waals surface area contributed by atoms with Crippen LogP contribution in [0.3, 0.4) is 0 Å². The van der Waals surface area contributed by atoms with E-state index in [9.17, 15) is 23.5 Å². The summed E-state index contributed by atoms with van der Waals surface area (Å²) in [6.45, 7) is -1.49. The third kappa shape index (κ3) is 3.86. The summed E-state index contributed by atoms with van der Waals surface area (Å²) in [4.78, 5) is 30.4. The number of aromatic amines is 1. The lowest BCUT2D eigenvalue weighted by Gasteiger charge is -2.10. The molecule has 1 aromatic carbocycles. The van der Waals surface area contributed by atoms with Gasteiger partial charge in [0.25, 0.3) is 5.56 Å². The second-order valence-electron chi connectivity index (χ2n) is 5.60. The van der Waals surface area contributed by atoms with Gasteiger partial charge in [0.05, 0.1) is 23.3 Å². The van der Waals surface area contributed by atoms with E-state index in [1.54, 1.807) is 6.07 Å². The Morgan fingerprint density at radius 2 is 2.07 bits per heavy atom. The van der Waals surface area contributed by atoms with Crippen molar-refractivity contribution in [3.05, 3.63) is 50.4 Å². The van der Waals surface area contributed by atoms with E-state index in [4.69, 9.17) is 4.74 Å². The number of alkyl halides is 2. The molecule has 28 heavy (non-hydrogen) atoms. The van der Waals surface area contributed by atoms with Gasteiger partial charge in [0.2, 0.25) is 0 Å². The van der Waals surface area contributed by atoms with Crippen LogP contribution in [0.4, 0.5) is 8.78 Å². The average Bonchev–Trinajstić information content (AvgIpc) is 2.97. The number of carboxylic acids is 1. The van der Waals surface area contributed by atoms with E-state index in [-0.39, 0.29) is 32.4 Å². The fourth-order valence-corrected chi connectivity index (χ4v) is 3.62. The number of ether oxygens (including phenoxy) is 2. The van der Waals surface area contributed by atoms with Gasteiger partial charge >= 0.3 is 6.61 Å². The molecule has 3 rings (SSSR count). The molecule has 0 atom stereocenters. The second kappa shape index (κ2) is 7.77. The summed E-state index contributed by atoms with van der Waals surface area (Å²) >= 11 is 0.849. The standard InChI is InChI=1S/C18H14F2N2O5S/c1-8-13-15(23)21-12(22-16(13)28-14(8)17(24)25)6-4-9-3-5-10(26-2)11(7-9)27-18(19)20/h3-7,18H,1-2H3,(H,24,25)(H,21,22,23)/p-1/b6-4+. The van der Waals surface area contributed by atoms with Gasteiger partial charge in [0.1, 0.15) is 10.7 Å². The van der Waals surface area contributed by atoms with Crippen molar-refractivity contribution in [2.75, 3.05) is 7.11 Å². The van der Waals surface area contributed by atoms with E-state index in [0.717, 1.165) is 11.3 Å². The summed E-state index contributed by atoms with van der Waals surface area (Å²) in [5, 5.41) is 11.3. The number of rotatable bonds is 6. The number of carbonyl (C=O) groups excluding carboxylic acids is 1. The molecule has 0 unspecified atom stereocenters. The van der Waals surface area contributed by atoms with E-state index in [0.29, 0.717) is 11.1 Å². The first-order valence-electron chi connectivity index (χ1n) is 7.86. The monoisotopic (exact) mass is 407 g/mol. The third-order valence-electron chi connectivity index (χ3n) is 3.84. The number of aromatic carboxylic acids is 1. The summed E-state index contributed by atoms with van der Waals surface area (Å²) in [5.41, 5.74) is 0.313. The molecular formula is C18H13F2N2O5S-. The molecule has 1 N–H and O–H groups in total. The van der Waals surface area contributed by atoms with Crippen LogP contribution in [0.25, 0.3) is 22.4 Å². The molecule has 0 aliphatic heterocycles. The Hall–Kier alpha value is -3.27. The van der Waals surface area contributed by atoms with Crippen molar-refractivity contribution in [3.63, 3.8) is 0 Å². The number of carbonyl (C=O) groups is 1. The van der Waals surface area contributed by atoms with Crippen molar-refractivity contribution in [2.24, 2.45) is 0 Å². The van der Waals surface area contributed by atoms with Crippen molar-refractivity contribution in [1.82, 2.24) is 9.97 Å². The van der Waals surface area contributed by atoms with Gasteiger partial charge in [-0.2, -0.15) is 8.78 Å². The van der Waals surface area contributed by atoms with E-state index < -0.39 is 18.1 Å². The van der Waals surface area contributed by atoms with Crippen molar-refractivity contribution < 1.29 is 28.2 Å². The number of fused-ring (bicyclic) bond motifs is 1. The predicted octanol–water partition coefficient (Wildman–Crippen LogP) is 2.44. The lowest BCUT2D eigenvalue weighted by molar-refractivity contribution is -0.254. The van der Waals surface area contributed by atoms with Gasteiger partial charge in [-0.1, -0.05) is 12.1 Å². The molecule has 0 radical (unpaired) electrons. The largest absolute Gasteiger partial charge is 0.544 e. The molecule has 10 heteroatoms. The molecule has 0 spiro atoms. The Balaban J connectivity index is 1.97. The zero-order valence-corrected chi connectivity index (χ0v) is 15.4. The number of aromatic nitrogens is 2. The fourth-order valence-electron chi connectivity index (χ4n) is 2.59. The smallest absolute Gasteiger partial charge is 0.387 e. The highest BCUT2D eigenvalue weighted by molar-refractivity contribution is 7.20. The first-order valence-corrected chi connectivity index (χ1v) is 8.67. The summed E-state index contributed by atoms with van der Waals surface area (Å²) in [6.07, 6.45) is 2.99. The van der Waals surface area contributed by atoms with Crippen LogP contribution in [0.15, 0.2) is 23.0 Å². The number of H-pyrrole nitrogens is 1. The highest BCUT2D eigenvalue weighted by atomic mass is 32.1. The van der Waals surface area contributed by atoms with Crippen molar-refractivity contribution in [3.8, 4) is 11.5 Å². The predicted molar refractivity (Wildman–Crippen MR) is 97.9 cm³/mol. The van der Waals surface area contributed by atoms with Gasteiger partial charge in [-0.05, 0) is 36.3 Å². The molecular weight excluding hydrogens is 394 g/mol. The maximum atomic E-state index is 12.5. The highest BCUT2D eigenvalue weighted by Gasteiger charge is 2.14. The Kier molecular flexibility index (Phi) is 5.41. The van der Waals surface area contributed by atoms with Crippen LogP contribution in [0.5, 0.6) is 11.5 Å². The second-order valence-corrected chi connectivity index (χ2v) is 6.60. The van der Waals surface area contributed by atoms with Gasteiger partial charge in [-0.25, -0.2) is 4.98 Å². The molecule has 0 bridgehead atoms. The molecule has 3 aromatic rings. The quantitative estimate of drug-likeness (QED) is 0.673. The minimum Gasteiger partial charge on any atom is -0.544 e. The Bertz CT molecular complexity index is 1140. The van der Waals surface area contributed by atoms with Crippen LogP contribution in [0.1, 0.15) is 26.6 Å². The number of halogens is 2. The first-order chi connectivity index (χ1) is 13.3. The van der Waals surface area contributed by atoms with Crippen molar-refractivity contribution in [1.29, 1.82) is 0 Å². The zero-order chi connectivity index (χ0) is 20.4. The number of hydrogen-bond acceptors (Lipinski definition) is 7. The molecule has 0 saturated heterocycles. The number of nitrogens with one attached hydrogen (secondary N) is 1. The zero-order valence-electron chi connectivity index (χ0n) is 14.6. The SMILES string of the molecule is COc1ccc(/C=C/c2nc3sc(C(=O)[O-])c(C)c3c(=O)[nH]2)cc1OC(F)F. The molecule has 0 fully saturated rings. The Labute approximate surface area is 160 Å². The van der Waals surface area contributed by atoms with Gasteiger partial charge in [-0.3, -0.25) is 4.79 Å². The van der Waals surface area contributed by atoms with Gasteiger partial charge in [0, 0.05) is 0 Å². The van der Waals surface area contributed by atoms with E-state index >= 15 is 0 Å². The maximum absolute atomic E-state index is 12.5. The van der Waals surface area contributed by atoms with Gasteiger partial charge in [-0.15, -0.1) is 11.3 Å². The van der Waals surface area contributed by atoms with Crippen LogP contribution >= 0.6 is 11.3 Å². The minimum absolute atomic E-state index is 0.0573. The average molecular weight is 407 g/mol. The molecule has 7 nitrogen and oxygen atoms in total. The van der Waals surface area contributed by atoms with Gasteiger partial charge < -0.3 is 24.4 Å². The first kappa shape index (κ1) is 19.5. The van der Waals surface area contributed by atoms with Crippen LogP contribution in [-0.2, 0) is 0 Å². The van der Waals surface area contributed by atoms with Crippen LogP contribution in [0, 0.1) is 6.92 Å². The van der Waals surface area contributed by atoms with Crippen LogP contribution < -0.4 is 20.1 Å². The molecule has 0 amide bonds. The van der Waals surface area contributed by atoms with E-state index in [2.05, 4.69) is 14.7 Å². The summed E-state index contributed by atoms with van der Waals surface area (Å²) < 4.78 is 34.4. The number of aryl methyl sites for hydroxylation is 1. The fraction of sp³-hybridized carbons (Fsp3) is 0.167. The Morgan fingerprint density at radius 1 is 1.32 bits per heavy atom. The number of thiophene rings is 1. The maximum Gasteiger partial charge on any atom is 0.387 e. The molecule has 2 aromatic heterocycles. The van der Waals surface area contributed by atoms with Crippen LogP contribution in [-0.4, -0.2) is 29.7 Å². The lowest BCUT2D eigenvalue weighted by atomic mass is 10.2. The summed E-state index contributed by atoms with van der Waals surface area (Å²) in [5.74, 6) is -1.18. The molecule has 0 aliphatic carbocycles. The highest BCUT2D eigenvalue weighted by Crippen LogP contribution is 2.30. The van der Waals surface area contributed by atoms with Crippen molar-refractivity contribution in [2.45, 2.75) is 13.5 Å². The summed E-state index contributed by atoms with van der Waals surface area (Å²) in [6, 6.07) is 4.42. The molecule has 146 valence electrons. The molecule has 0 aliphatic rings. The summed E-state index contributed by atoms with van der Waals surface area (Å²) in [7, 11) is 1.33. The normalized spacial score (nSPS) is 11.5. The number of methoxy groups -OCH3 is 1. The minimum atomic E-state index is -3.01. The number of benzene rings is 1.